The number of furan rings is 1. The van der Waals surface area contributed by atoms with Gasteiger partial charge in [-0.2, -0.15) is 0 Å². The minimum absolute atomic E-state index is 0.0798. The molecule has 1 unspecified atom stereocenters. The number of Topliss-reactive ketones (excluding diaryl/α,β-unsaturated/α-hetero) is 1. The third-order valence-electron chi connectivity index (χ3n) is 4.09. The molecule has 1 aromatic rings. The van der Waals surface area contributed by atoms with Crippen molar-refractivity contribution < 1.29 is 23.5 Å². The number of amides is 2. The monoisotopic (exact) mass is 318 g/mol. The smallest absolute Gasteiger partial charge is 0.338 e. The number of rotatable bonds is 4. The molecule has 7 heteroatoms. The van der Waals surface area contributed by atoms with Crippen LogP contribution in [0.25, 0.3) is 0 Å². The number of ether oxygens (including phenoxy) is 1. The van der Waals surface area contributed by atoms with Crippen LogP contribution in [0.1, 0.15) is 43.2 Å². The summed E-state index contributed by atoms with van der Waals surface area (Å²) in [7, 11) is 0. The van der Waals surface area contributed by atoms with Crippen molar-refractivity contribution in [2.45, 2.75) is 44.8 Å². The van der Waals surface area contributed by atoms with Crippen LogP contribution in [0.4, 0.5) is 4.79 Å². The third-order valence-corrected chi connectivity index (χ3v) is 4.09. The number of carbonyl (C=O) groups excluding carboxylic acids is 3. The lowest BCUT2D eigenvalue weighted by Gasteiger charge is -2.27. The van der Waals surface area contributed by atoms with Gasteiger partial charge in [-0.15, -0.1) is 0 Å². The van der Waals surface area contributed by atoms with Gasteiger partial charge in [-0.25, -0.2) is 9.59 Å². The molecule has 0 bridgehead atoms. The van der Waals surface area contributed by atoms with E-state index in [0.29, 0.717) is 5.70 Å². The quantitative estimate of drug-likeness (QED) is 0.653. The standard InChI is InChI=1S/C16H18N2O5/c1-9-12(15(20)23-10-5-2-3-6-10)13(18-16(21)17-9)14(19)11-7-4-8-22-11/h4,7-8,10,13H,2-3,5-6H2,1H3,(H2,17,18,21). The molecule has 3 rings (SSSR count). The van der Waals surface area contributed by atoms with Gasteiger partial charge in [0.25, 0.3) is 0 Å². The van der Waals surface area contributed by atoms with Crippen molar-refractivity contribution in [2.24, 2.45) is 0 Å². The highest BCUT2D eigenvalue weighted by molar-refractivity contribution is 6.09. The molecule has 0 saturated heterocycles. The van der Waals surface area contributed by atoms with E-state index in [9.17, 15) is 14.4 Å². The molecule has 1 aliphatic carbocycles. The summed E-state index contributed by atoms with van der Waals surface area (Å²) < 4.78 is 10.6. The second-order valence-electron chi connectivity index (χ2n) is 5.72. The van der Waals surface area contributed by atoms with Gasteiger partial charge in [-0.1, -0.05) is 0 Å². The molecule has 2 heterocycles. The average Bonchev–Trinajstić information content (AvgIpc) is 3.18. The van der Waals surface area contributed by atoms with Gasteiger partial charge in [0.2, 0.25) is 5.78 Å². The Morgan fingerprint density at radius 2 is 2.04 bits per heavy atom. The Kier molecular flexibility index (Phi) is 4.18. The SMILES string of the molecule is CC1=C(C(=O)OC2CCCC2)C(C(=O)c2ccco2)NC(=O)N1. The van der Waals surface area contributed by atoms with Crippen LogP contribution in [0.2, 0.25) is 0 Å². The summed E-state index contributed by atoms with van der Waals surface area (Å²) in [5.74, 6) is -0.981. The van der Waals surface area contributed by atoms with Crippen LogP contribution >= 0.6 is 0 Å². The maximum absolute atomic E-state index is 12.5. The molecule has 1 atom stereocenters. The van der Waals surface area contributed by atoms with Crippen LogP contribution < -0.4 is 10.6 Å². The molecule has 122 valence electrons. The van der Waals surface area contributed by atoms with Crippen molar-refractivity contribution in [3.8, 4) is 0 Å². The molecule has 2 amide bonds. The molecule has 1 saturated carbocycles. The van der Waals surface area contributed by atoms with Gasteiger partial charge in [0, 0.05) is 5.70 Å². The first-order valence-electron chi connectivity index (χ1n) is 7.63. The first kappa shape index (κ1) is 15.3. The van der Waals surface area contributed by atoms with Crippen molar-refractivity contribution >= 4 is 17.8 Å². The van der Waals surface area contributed by atoms with E-state index in [2.05, 4.69) is 10.6 Å². The molecule has 0 aromatic carbocycles. The van der Waals surface area contributed by atoms with Crippen molar-refractivity contribution in [2.75, 3.05) is 0 Å². The summed E-state index contributed by atoms with van der Waals surface area (Å²) >= 11 is 0. The summed E-state index contributed by atoms with van der Waals surface area (Å²) in [6.45, 7) is 1.58. The fourth-order valence-corrected chi connectivity index (χ4v) is 2.94. The van der Waals surface area contributed by atoms with E-state index in [1.807, 2.05) is 0 Å². The molecule has 1 fully saturated rings. The predicted octanol–water partition coefficient (Wildman–Crippen LogP) is 1.90. The number of urea groups is 1. The Bertz CT molecular complexity index is 656. The highest BCUT2D eigenvalue weighted by Crippen LogP contribution is 2.24. The van der Waals surface area contributed by atoms with E-state index in [0.717, 1.165) is 25.7 Å². The predicted molar refractivity (Wildman–Crippen MR) is 79.5 cm³/mol. The number of carbonyl (C=O) groups is 3. The summed E-state index contributed by atoms with van der Waals surface area (Å²) in [5, 5.41) is 4.98. The van der Waals surface area contributed by atoms with Crippen LogP contribution in [0, 0.1) is 0 Å². The van der Waals surface area contributed by atoms with E-state index in [1.165, 1.54) is 12.3 Å². The van der Waals surface area contributed by atoms with Crippen LogP contribution in [0.3, 0.4) is 0 Å². The molecule has 23 heavy (non-hydrogen) atoms. The van der Waals surface area contributed by atoms with Crippen molar-refractivity contribution in [1.82, 2.24) is 10.6 Å². The topological polar surface area (TPSA) is 97.6 Å². The maximum atomic E-state index is 12.5. The highest BCUT2D eigenvalue weighted by Gasteiger charge is 2.38. The zero-order chi connectivity index (χ0) is 16.4. The number of hydrogen-bond acceptors (Lipinski definition) is 5. The summed E-state index contributed by atoms with van der Waals surface area (Å²) in [5.41, 5.74) is 0.444. The fraction of sp³-hybridized carbons (Fsp3) is 0.438. The fourth-order valence-electron chi connectivity index (χ4n) is 2.94. The second-order valence-corrected chi connectivity index (χ2v) is 5.72. The lowest BCUT2D eigenvalue weighted by Crippen LogP contribution is -2.53. The lowest BCUT2D eigenvalue weighted by atomic mass is 9.97. The van der Waals surface area contributed by atoms with E-state index in [-0.39, 0.29) is 17.4 Å². The number of ketones is 1. The summed E-state index contributed by atoms with van der Waals surface area (Å²) in [6.07, 6.45) is 4.95. The van der Waals surface area contributed by atoms with E-state index >= 15 is 0 Å². The van der Waals surface area contributed by atoms with Gasteiger partial charge < -0.3 is 19.8 Å². The Morgan fingerprint density at radius 1 is 1.30 bits per heavy atom. The van der Waals surface area contributed by atoms with Gasteiger partial charge in [0.1, 0.15) is 12.1 Å². The van der Waals surface area contributed by atoms with Crippen LogP contribution in [0.15, 0.2) is 34.1 Å². The lowest BCUT2D eigenvalue weighted by molar-refractivity contribution is -0.144. The molecular weight excluding hydrogens is 300 g/mol. The zero-order valence-electron chi connectivity index (χ0n) is 12.8. The molecule has 2 N–H and O–H groups in total. The normalized spacial score (nSPS) is 21.8. The summed E-state index contributed by atoms with van der Waals surface area (Å²) in [4.78, 5) is 36.7. The largest absolute Gasteiger partial charge is 0.461 e. The molecule has 1 aromatic heterocycles. The molecule has 0 radical (unpaired) electrons. The Labute approximate surface area is 133 Å². The summed E-state index contributed by atoms with van der Waals surface area (Å²) in [6, 6.07) is 1.42. The molecule has 1 aliphatic heterocycles. The van der Waals surface area contributed by atoms with E-state index < -0.39 is 23.8 Å². The van der Waals surface area contributed by atoms with E-state index in [1.54, 1.807) is 13.0 Å². The van der Waals surface area contributed by atoms with Crippen molar-refractivity contribution in [3.63, 3.8) is 0 Å². The maximum Gasteiger partial charge on any atom is 0.338 e. The van der Waals surface area contributed by atoms with Gasteiger partial charge in [-0.05, 0) is 44.7 Å². The molecule has 2 aliphatic rings. The highest BCUT2D eigenvalue weighted by atomic mass is 16.5. The van der Waals surface area contributed by atoms with Crippen LogP contribution in [-0.4, -0.2) is 29.9 Å². The number of nitrogens with one attached hydrogen (secondary N) is 2. The van der Waals surface area contributed by atoms with Crippen LogP contribution in [-0.2, 0) is 9.53 Å². The Hall–Kier alpha value is -2.57. The molecular formula is C16H18N2O5. The number of hydrogen-bond donors (Lipinski definition) is 2. The number of allylic oxidation sites excluding steroid dienone is 1. The van der Waals surface area contributed by atoms with Gasteiger partial charge >= 0.3 is 12.0 Å². The van der Waals surface area contributed by atoms with E-state index in [4.69, 9.17) is 9.15 Å². The molecule has 0 spiro atoms. The minimum atomic E-state index is -1.11. The first-order valence-corrected chi connectivity index (χ1v) is 7.63. The first-order chi connectivity index (χ1) is 11.1. The van der Waals surface area contributed by atoms with Crippen molar-refractivity contribution in [1.29, 1.82) is 0 Å². The minimum Gasteiger partial charge on any atom is -0.461 e. The Morgan fingerprint density at radius 3 is 2.70 bits per heavy atom. The van der Waals surface area contributed by atoms with Gasteiger partial charge in [0.05, 0.1) is 11.8 Å². The average molecular weight is 318 g/mol. The Balaban J connectivity index is 1.86. The van der Waals surface area contributed by atoms with Crippen LogP contribution in [0.5, 0.6) is 0 Å². The zero-order valence-corrected chi connectivity index (χ0v) is 12.8. The second kappa shape index (κ2) is 6.28. The third kappa shape index (κ3) is 3.13. The van der Waals surface area contributed by atoms with Crippen molar-refractivity contribution in [3.05, 3.63) is 35.4 Å². The van der Waals surface area contributed by atoms with Gasteiger partial charge in [0.15, 0.2) is 5.76 Å². The molecule has 7 nitrogen and oxygen atoms in total. The van der Waals surface area contributed by atoms with Gasteiger partial charge in [-0.3, -0.25) is 4.79 Å². The number of esters is 1.